The highest BCUT2D eigenvalue weighted by Crippen LogP contribution is 2.35. The molecule has 1 aliphatic heterocycles. The molecule has 0 radical (unpaired) electrons. The van der Waals surface area contributed by atoms with E-state index in [1.54, 1.807) is 23.1 Å². The molecule has 114 valence electrons. The maximum atomic E-state index is 12.4. The number of carbonyl (C=O) groups is 2. The van der Waals surface area contributed by atoms with Crippen LogP contribution in [0, 0.1) is 5.41 Å². The van der Waals surface area contributed by atoms with Crippen molar-refractivity contribution in [2.24, 2.45) is 5.41 Å². The van der Waals surface area contributed by atoms with Gasteiger partial charge in [-0.05, 0) is 37.5 Å². The summed E-state index contributed by atoms with van der Waals surface area (Å²) in [7, 11) is 0. The van der Waals surface area contributed by atoms with Crippen molar-refractivity contribution >= 4 is 35.1 Å². The summed E-state index contributed by atoms with van der Waals surface area (Å²) < 4.78 is 0. The van der Waals surface area contributed by atoms with E-state index in [0.717, 1.165) is 0 Å². The number of aliphatic carboxylic acids is 1. The van der Waals surface area contributed by atoms with Crippen LogP contribution in [0.1, 0.15) is 36.5 Å². The monoisotopic (exact) mass is 329 g/mol. The van der Waals surface area contributed by atoms with E-state index in [0.29, 0.717) is 48.0 Å². The average molecular weight is 330 g/mol. The molecule has 1 N–H and O–H groups in total. The van der Waals surface area contributed by atoms with Crippen LogP contribution in [0.25, 0.3) is 0 Å². The minimum atomic E-state index is -0.775. The fourth-order valence-corrected chi connectivity index (χ4v) is 3.24. The van der Waals surface area contributed by atoms with Crippen LogP contribution in [-0.4, -0.2) is 35.0 Å². The highest BCUT2D eigenvalue weighted by molar-refractivity contribution is 6.35. The van der Waals surface area contributed by atoms with Gasteiger partial charge in [-0.1, -0.05) is 30.1 Å². The predicted molar refractivity (Wildman–Crippen MR) is 82.0 cm³/mol. The van der Waals surface area contributed by atoms with Crippen LogP contribution in [-0.2, 0) is 4.79 Å². The maximum Gasteiger partial charge on any atom is 0.309 e. The maximum absolute atomic E-state index is 12.4. The topological polar surface area (TPSA) is 57.6 Å². The van der Waals surface area contributed by atoms with E-state index in [4.69, 9.17) is 23.2 Å². The van der Waals surface area contributed by atoms with E-state index in [9.17, 15) is 14.7 Å². The van der Waals surface area contributed by atoms with Gasteiger partial charge in [0.25, 0.3) is 5.91 Å². The number of hydrogen-bond donors (Lipinski definition) is 1. The molecule has 0 bridgehead atoms. The molecule has 0 saturated carbocycles. The fourth-order valence-electron chi connectivity index (χ4n) is 2.72. The van der Waals surface area contributed by atoms with E-state index in [2.05, 4.69) is 0 Å². The Labute approximate surface area is 133 Å². The SMILES string of the molecule is CCC1(C(=O)O)CCN(C(=O)c2cc(Cl)cc(Cl)c2)CC1. The summed E-state index contributed by atoms with van der Waals surface area (Å²) >= 11 is 11.8. The number of hydrogen-bond acceptors (Lipinski definition) is 2. The van der Waals surface area contributed by atoms with Crippen LogP contribution >= 0.6 is 23.2 Å². The molecular weight excluding hydrogens is 313 g/mol. The van der Waals surface area contributed by atoms with E-state index in [1.165, 1.54) is 0 Å². The average Bonchev–Trinajstić information content (AvgIpc) is 2.45. The van der Waals surface area contributed by atoms with Gasteiger partial charge in [-0.15, -0.1) is 0 Å². The van der Waals surface area contributed by atoms with E-state index in [1.807, 2.05) is 6.92 Å². The molecule has 1 aromatic rings. The second-order valence-electron chi connectivity index (χ2n) is 5.39. The summed E-state index contributed by atoms with van der Waals surface area (Å²) in [5.41, 5.74) is -0.269. The highest BCUT2D eigenvalue weighted by atomic mass is 35.5. The third kappa shape index (κ3) is 3.33. The van der Waals surface area contributed by atoms with Crippen LogP contribution in [0.4, 0.5) is 0 Å². The fraction of sp³-hybridized carbons (Fsp3) is 0.467. The molecule has 2 rings (SSSR count). The van der Waals surface area contributed by atoms with Crippen LogP contribution in [0.2, 0.25) is 10.0 Å². The summed E-state index contributed by atoms with van der Waals surface area (Å²) in [5.74, 6) is -0.933. The molecule has 0 aromatic heterocycles. The number of likely N-dealkylation sites (tertiary alicyclic amines) is 1. The van der Waals surface area contributed by atoms with E-state index < -0.39 is 11.4 Å². The van der Waals surface area contributed by atoms with Crippen molar-refractivity contribution in [1.82, 2.24) is 4.90 Å². The number of rotatable bonds is 3. The smallest absolute Gasteiger partial charge is 0.309 e. The molecule has 1 fully saturated rings. The van der Waals surface area contributed by atoms with Crippen molar-refractivity contribution in [2.45, 2.75) is 26.2 Å². The van der Waals surface area contributed by atoms with Gasteiger partial charge in [-0.3, -0.25) is 9.59 Å². The zero-order valence-corrected chi connectivity index (χ0v) is 13.2. The molecule has 0 spiro atoms. The predicted octanol–water partition coefficient (Wildman–Crippen LogP) is 3.71. The molecule has 4 nitrogen and oxygen atoms in total. The van der Waals surface area contributed by atoms with E-state index in [-0.39, 0.29) is 5.91 Å². The van der Waals surface area contributed by atoms with Gasteiger partial charge in [0.1, 0.15) is 0 Å². The first-order valence-electron chi connectivity index (χ1n) is 6.87. The van der Waals surface area contributed by atoms with E-state index >= 15 is 0 Å². The van der Waals surface area contributed by atoms with Gasteiger partial charge in [-0.25, -0.2) is 0 Å². The second-order valence-corrected chi connectivity index (χ2v) is 6.26. The number of piperidine rings is 1. The number of amides is 1. The molecule has 1 amide bonds. The number of carbonyl (C=O) groups excluding carboxylic acids is 1. The van der Waals surface area contributed by atoms with Crippen molar-refractivity contribution in [3.05, 3.63) is 33.8 Å². The lowest BCUT2D eigenvalue weighted by Gasteiger charge is -2.38. The van der Waals surface area contributed by atoms with Gasteiger partial charge >= 0.3 is 5.97 Å². The Bertz CT molecular complexity index is 546. The molecule has 1 aromatic carbocycles. The van der Waals surface area contributed by atoms with Crippen molar-refractivity contribution in [3.63, 3.8) is 0 Å². The van der Waals surface area contributed by atoms with Crippen molar-refractivity contribution < 1.29 is 14.7 Å². The lowest BCUT2D eigenvalue weighted by atomic mass is 9.76. The molecule has 0 aliphatic carbocycles. The highest BCUT2D eigenvalue weighted by Gasteiger charge is 2.40. The van der Waals surface area contributed by atoms with Gasteiger partial charge in [0.05, 0.1) is 5.41 Å². The van der Waals surface area contributed by atoms with Crippen molar-refractivity contribution in [3.8, 4) is 0 Å². The number of halogens is 2. The summed E-state index contributed by atoms with van der Waals surface area (Å²) in [5, 5.41) is 10.2. The molecular formula is C15H17Cl2NO3. The van der Waals surface area contributed by atoms with Crippen molar-refractivity contribution in [1.29, 1.82) is 0 Å². The molecule has 0 unspecified atom stereocenters. The lowest BCUT2D eigenvalue weighted by molar-refractivity contribution is -0.152. The number of carboxylic acid groups (broad SMARTS) is 1. The Balaban J connectivity index is 2.11. The molecule has 1 heterocycles. The van der Waals surface area contributed by atoms with Gasteiger partial charge < -0.3 is 10.0 Å². The quantitative estimate of drug-likeness (QED) is 0.919. The molecule has 0 atom stereocenters. The summed E-state index contributed by atoms with van der Waals surface area (Å²) in [6.45, 7) is 2.74. The van der Waals surface area contributed by atoms with Crippen LogP contribution in [0.5, 0.6) is 0 Å². The Hall–Kier alpha value is -1.26. The molecule has 1 saturated heterocycles. The Morgan fingerprint density at radius 1 is 1.19 bits per heavy atom. The van der Waals surface area contributed by atoms with Gasteiger partial charge in [0.15, 0.2) is 0 Å². The first-order chi connectivity index (χ1) is 9.88. The van der Waals surface area contributed by atoms with Gasteiger partial charge in [-0.2, -0.15) is 0 Å². The minimum Gasteiger partial charge on any atom is -0.481 e. The number of carboxylic acids is 1. The lowest BCUT2D eigenvalue weighted by Crippen LogP contribution is -2.46. The first kappa shape index (κ1) is 16.1. The third-order valence-electron chi connectivity index (χ3n) is 4.25. The normalized spacial score (nSPS) is 17.6. The summed E-state index contributed by atoms with van der Waals surface area (Å²) in [6.07, 6.45) is 1.52. The third-order valence-corrected chi connectivity index (χ3v) is 4.68. The van der Waals surface area contributed by atoms with Crippen molar-refractivity contribution in [2.75, 3.05) is 13.1 Å². The Kier molecular flexibility index (Phi) is 4.79. The van der Waals surface area contributed by atoms with Gasteiger partial charge in [0.2, 0.25) is 0 Å². The summed E-state index contributed by atoms with van der Waals surface area (Å²) in [6, 6.07) is 4.73. The molecule has 6 heteroatoms. The molecule has 21 heavy (non-hydrogen) atoms. The van der Waals surface area contributed by atoms with Crippen LogP contribution in [0.15, 0.2) is 18.2 Å². The zero-order valence-electron chi connectivity index (χ0n) is 11.7. The standard InChI is InChI=1S/C15H17Cl2NO3/c1-2-15(14(20)21)3-5-18(6-4-15)13(19)10-7-11(16)9-12(17)8-10/h7-9H,2-6H2,1H3,(H,20,21). The van der Waals surface area contributed by atoms with Gasteiger partial charge in [0, 0.05) is 28.7 Å². The minimum absolute atomic E-state index is 0.158. The second kappa shape index (κ2) is 6.24. The largest absolute Gasteiger partial charge is 0.481 e. The zero-order chi connectivity index (χ0) is 15.6. The Morgan fingerprint density at radius 3 is 2.14 bits per heavy atom. The Morgan fingerprint density at radius 2 is 1.71 bits per heavy atom. The number of nitrogens with zero attached hydrogens (tertiary/aromatic N) is 1. The van der Waals surface area contributed by atoms with Crippen LogP contribution < -0.4 is 0 Å². The first-order valence-corrected chi connectivity index (χ1v) is 7.62. The number of benzene rings is 1. The molecule has 1 aliphatic rings. The van der Waals surface area contributed by atoms with Crippen LogP contribution in [0.3, 0.4) is 0 Å². The summed E-state index contributed by atoms with van der Waals surface area (Å²) in [4.78, 5) is 25.5.